The van der Waals surface area contributed by atoms with Crippen LogP contribution in [0.3, 0.4) is 0 Å². The number of amides is 1. The highest BCUT2D eigenvalue weighted by Gasteiger charge is 2.03. The van der Waals surface area contributed by atoms with Gasteiger partial charge in [-0.2, -0.15) is 0 Å². The van der Waals surface area contributed by atoms with Crippen molar-refractivity contribution < 1.29 is 19.1 Å². The third-order valence-corrected chi connectivity index (χ3v) is 2.33. The molecule has 3 N–H and O–H groups in total. The molecule has 0 bridgehead atoms. The summed E-state index contributed by atoms with van der Waals surface area (Å²) < 4.78 is 9.63. The average molecular weight is 266 g/mol. The molecule has 104 valence electrons. The summed E-state index contributed by atoms with van der Waals surface area (Å²) in [6.07, 6.45) is 1.06. The topological polar surface area (TPSA) is 90.6 Å². The van der Waals surface area contributed by atoms with Crippen LogP contribution in [0.2, 0.25) is 0 Å². The maximum Gasteiger partial charge on any atom is 0.343 e. The largest absolute Gasteiger partial charge is 0.482 e. The monoisotopic (exact) mass is 266 g/mol. The van der Waals surface area contributed by atoms with Gasteiger partial charge in [0.15, 0.2) is 6.61 Å². The van der Waals surface area contributed by atoms with Gasteiger partial charge >= 0.3 is 5.97 Å². The van der Waals surface area contributed by atoms with Crippen LogP contribution in [-0.4, -0.2) is 32.1 Å². The zero-order valence-corrected chi connectivity index (χ0v) is 10.8. The van der Waals surface area contributed by atoms with E-state index in [1.165, 1.54) is 7.11 Å². The van der Waals surface area contributed by atoms with E-state index in [0.29, 0.717) is 30.8 Å². The summed E-state index contributed by atoms with van der Waals surface area (Å²) in [5.41, 5.74) is 6.00. The number of carbonyl (C=O) groups is 2. The van der Waals surface area contributed by atoms with Gasteiger partial charge in [-0.15, -0.1) is 0 Å². The van der Waals surface area contributed by atoms with Crippen LogP contribution >= 0.6 is 0 Å². The Morgan fingerprint density at radius 2 is 1.95 bits per heavy atom. The number of nitrogens with one attached hydrogen (secondary N) is 1. The summed E-state index contributed by atoms with van der Waals surface area (Å²) in [7, 11) is 1.30. The minimum atomic E-state index is -0.445. The summed E-state index contributed by atoms with van der Waals surface area (Å²) in [6.45, 7) is 0.354. The van der Waals surface area contributed by atoms with Gasteiger partial charge in [-0.3, -0.25) is 4.79 Å². The van der Waals surface area contributed by atoms with E-state index < -0.39 is 5.97 Å². The molecule has 0 heterocycles. The first-order valence-corrected chi connectivity index (χ1v) is 5.95. The van der Waals surface area contributed by atoms with E-state index in [9.17, 15) is 9.59 Å². The molecule has 1 rings (SSSR count). The molecule has 0 saturated carbocycles. The fraction of sp³-hybridized carbons (Fsp3) is 0.385. The van der Waals surface area contributed by atoms with Crippen molar-refractivity contribution in [3.05, 3.63) is 24.3 Å². The fourth-order valence-electron chi connectivity index (χ4n) is 1.32. The number of anilines is 1. The van der Waals surface area contributed by atoms with Gasteiger partial charge in [-0.25, -0.2) is 4.79 Å². The van der Waals surface area contributed by atoms with Crippen LogP contribution in [0.1, 0.15) is 12.8 Å². The first-order chi connectivity index (χ1) is 9.15. The van der Waals surface area contributed by atoms with E-state index in [4.69, 9.17) is 10.5 Å². The maximum absolute atomic E-state index is 11.5. The molecule has 0 aliphatic heterocycles. The van der Waals surface area contributed by atoms with Crippen molar-refractivity contribution in [2.24, 2.45) is 5.73 Å². The molecule has 0 unspecified atom stereocenters. The van der Waals surface area contributed by atoms with E-state index in [-0.39, 0.29) is 12.5 Å². The molecule has 1 amide bonds. The summed E-state index contributed by atoms with van der Waals surface area (Å²) in [4.78, 5) is 22.3. The smallest absolute Gasteiger partial charge is 0.343 e. The summed E-state index contributed by atoms with van der Waals surface area (Å²) in [5, 5.41) is 2.74. The van der Waals surface area contributed by atoms with Crippen molar-refractivity contribution in [2.45, 2.75) is 12.8 Å². The third kappa shape index (κ3) is 5.87. The van der Waals surface area contributed by atoms with Gasteiger partial charge in [-0.05, 0) is 37.2 Å². The normalized spacial score (nSPS) is 9.79. The Labute approximate surface area is 111 Å². The van der Waals surface area contributed by atoms with E-state index >= 15 is 0 Å². The number of nitrogens with two attached hydrogens (primary N) is 1. The van der Waals surface area contributed by atoms with E-state index in [0.717, 1.165) is 0 Å². The van der Waals surface area contributed by atoms with Gasteiger partial charge in [0, 0.05) is 12.1 Å². The van der Waals surface area contributed by atoms with Crippen molar-refractivity contribution >= 4 is 17.6 Å². The zero-order chi connectivity index (χ0) is 14.1. The molecule has 0 spiro atoms. The molecule has 0 aromatic heterocycles. The van der Waals surface area contributed by atoms with Crippen LogP contribution in [0.25, 0.3) is 0 Å². The predicted molar refractivity (Wildman–Crippen MR) is 70.9 cm³/mol. The Bertz CT molecular complexity index is 417. The minimum Gasteiger partial charge on any atom is -0.482 e. The zero-order valence-electron chi connectivity index (χ0n) is 10.8. The second kappa shape index (κ2) is 8.10. The van der Waals surface area contributed by atoms with E-state index in [1.54, 1.807) is 24.3 Å². The van der Waals surface area contributed by atoms with Gasteiger partial charge in [0.1, 0.15) is 5.75 Å². The third-order valence-electron chi connectivity index (χ3n) is 2.33. The van der Waals surface area contributed by atoms with Crippen molar-refractivity contribution in [3.63, 3.8) is 0 Å². The first kappa shape index (κ1) is 15.0. The summed E-state index contributed by atoms with van der Waals surface area (Å²) in [6, 6.07) is 6.74. The van der Waals surface area contributed by atoms with E-state index in [2.05, 4.69) is 10.1 Å². The van der Waals surface area contributed by atoms with Crippen LogP contribution in [0.15, 0.2) is 24.3 Å². The lowest BCUT2D eigenvalue weighted by atomic mass is 10.2. The van der Waals surface area contributed by atoms with Gasteiger partial charge < -0.3 is 20.5 Å². The van der Waals surface area contributed by atoms with Crippen molar-refractivity contribution in [2.75, 3.05) is 25.6 Å². The van der Waals surface area contributed by atoms with Crippen LogP contribution < -0.4 is 15.8 Å². The fourth-order valence-corrected chi connectivity index (χ4v) is 1.32. The quantitative estimate of drug-likeness (QED) is 0.716. The summed E-state index contributed by atoms with van der Waals surface area (Å²) >= 11 is 0. The van der Waals surface area contributed by atoms with Crippen molar-refractivity contribution in [1.82, 2.24) is 0 Å². The molecule has 0 radical (unpaired) electrons. The summed E-state index contributed by atoms with van der Waals surface area (Å²) in [5.74, 6) is 0.0122. The predicted octanol–water partition coefficient (Wildman–Crippen LogP) is 0.916. The molecule has 0 atom stereocenters. The van der Waals surface area contributed by atoms with Crippen molar-refractivity contribution in [3.8, 4) is 5.75 Å². The highest BCUT2D eigenvalue weighted by molar-refractivity contribution is 5.90. The van der Waals surface area contributed by atoms with Crippen LogP contribution in [0, 0.1) is 0 Å². The molecular formula is C13H18N2O4. The van der Waals surface area contributed by atoms with Crippen LogP contribution in [0.5, 0.6) is 5.75 Å². The average Bonchev–Trinajstić information content (AvgIpc) is 2.44. The molecule has 6 heteroatoms. The Balaban J connectivity index is 2.43. The van der Waals surface area contributed by atoms with Gasteiger partial charge in [0.05, 0.1) is 7.11 Å². The maximum atomic E-state index is 11.5. The lowest BCUT2D eigenvalue weighted by Crippen LogP contribution is -2.14. The number of hydrogen-bond acceptors (Lipinski definition) is 5. The van der Waals surface area contributed by atoms with Gasteiger partial charge in [-0.1, -0.05) is 0 Å². The molecule has 1 aromatic rings. The standard InChI is InChI=1S/C13H18N2O4/c1-18-13(17)9-19-11-6-4-10(5-7-11)15-12(16)3-2-8-14/h4-7H,2-3,8-9,14H2,1H3,(H,15,16). The highest BCUT2D eigenvalue weighted by atomic mass is 16.6. The van der Waals surface area contributed by atoms with E-state index in [1.807, 2.05) is 0 Å². The number of methoxy groups -OCH3 is 1. The molecule has 19 heavy (non-hydrogen) atoms. The van der Waals surface area contributed by atoms with Crippen molar-refractivity contribution in [1.29, 1.82) is 0 Å². The molecule has 0 saturated heterocycles. The number of ether oxygens (including phenoxy) is 2. The highest BCUT2D eigenvalue weighted by Crippen LogP contribution is 2.15. The number of carbonyl (C=O) groups excluding carboxylic acids is 2. The Kier molecular flexibility index (Phi) is 6.38. The van der Waals surface area contributed by atoms with Gasteiger partial charge in [0.25, 0.3) is 0 Å². The molecule has 0 fully saturated rings. The molecule has 0 aliphatic carbocycles. The Morgan fingerprint density at radius 1 is 1.26 bits per heavy atom. The minimum absolute atomic E-state index is 0.0753. The Hall–Kier alpha value is -2.08. The van der Waals surface area contributed by atoms with Crippen LogP contribution in [0.4, 0.5) is 5.69 Å². The second-order valence-corrected chi connectivity index (χ2v) is 3.83. The lowest BCUT2D eigenvalue weighted by molar-refractivity contribution is -0.142. The molecule has 0 aliphatic rings. The number of esters is 1. The molecular weight excluding hydrogens is 248 g/mol. The molecule has 6 nitrogen and oxygen atoms in total. The first-order valence-electron chi connectivity index (χ1n) is 5.95. The Morgan fingerprint density at radius 3 is 2.53 bits per heavy atom. The second-order valence-electron chi connectivity index (χ2n) is 3.83. The van der Waals surface area contributed by atoms with Gasteiger partial charge in [0.2, 0.25) is 5.91 Å². The SMILES string of the molecule is COC(=O)COc1ccc(NC(=O)CCCN)cc1. The number of benzene rings is 1. The lowest BCUT2D eigenvalue weighted by Gasteiger charge is -2.07. The number of hydrogen-bond donors (Lipinski definition) is 2. The molecule has 1 aromatic carbocycles. The number of rotatable bonds is 7. The van der Waals surface area contributed by atoms with Crippen LogP contribution in [-0.2, 0) is 14.3 Å².